The molecule has 3 N–H and O–H groups in total. The van der Waals surface area contributed by atoms with Gasteiger partial charge in [0.05, 0.1) is 10.0 Å². The fourth-order valence-electron chi connectivity index (χ4n) is 3.32. The number of aromatic amines is 1. The van der Waals surface area contributed by atoms with Crippen LogP contribution in [-0.2, 0) is 11.8 Å². The molecule has 1 heterocycles. The van der Waals surface area contributed by atoms with E-state index in [9.17, 15) is 0 Å². The molecule has 0 spiro atoms. The van der Waals surface area contributed by atoms with Gasteiger partial charge in [0.2, 0.25) is 0 Å². The van der Waals surface area contributed by atoms with Gasteiger partial charge in [-0.3, -0.25) is 0 Å². The highest BCUT2D eigenvalue weighted by molar-refractivity contribution is 6.42. The fraction of sp³-hybridized carbons (Fsp3) is 0.364. The maximum Gasteiger partial charge on any atom is 0.0599 e. The number of aryl methyl sites for hydroxylation is 1. The summed E-state index contributed by atoms with van der Waals surface area (Å²) >= 11 is 12.4. The molecule has 0 bridgehead atoms. The summed E-state index contributed by atoms with van der Waals surface area (Å²) in [5.74, 6) is 0. The number of aromatic nitrogens is 1. The first kappa shape index (κ1) is 19.3. The molecule has 26 heavy (non-hydrogen) atoms. The number of hydrogen-bond acceptors (Lipinski definition) is 1. The zero-order valence-corrected chi connectivity index (χ0v) is 17.1. The summed E-state index contributed by atoms with van der Waals surface area (Å²) in [6, 6.07) is 12.5. The van der Waals surface area contributed by atoms with Crippen LogP contribution in [-0.4, -0.2) is 11.5 Å². The average molecular weight is 389 g/mol. The lowest BCUT2D eigenvalue weighted by atomic mass is 9.86. The summed E-state index contributed by atoms with van der Waals surface area (Å²) in [5.41, 5.74) is 11.8. The van der Waals surface area contributed by atoms with Gasteiger partial charge in [0.15, 0.2) is 0 Å². The Morgan fingerprint density at radius 1 is 0.962 bits per heavy atom. The number of fused-ring (bicyclic) bond motifs is 1. The Kier molecular flexibility index (Phi) is 5.67. The highest BCUT2D eigenvalue weighted by Gasteiger charge is 2.18. The first-order valence-electron chi connectivity index (χ1n) is 9.12. The molecule has 2 aromatic carbocycles. The Bertz CT molecular complexity index is 920. The average Bonchev–Trinajstić information content (AvgIpc) is 2.95. The van der Waals surface area contributed by atoms with Crippen LogP contribution in [0.1, 0.15) is 44.7 Å². The van der Waals surface area contributed by atoms with Crippen LogP contribution < -0.4 is 5.73 Å². The number of hydrogen-bond donors (Lipinski definition) is 2. The van der Waals surface area contributed by atoms with E-state index in [1.165, 1.54) is 16.5 Å². The van der Waals surface area contributed by atoms with Crippen molar-refractivity contribution in [2.45, 2.75) is 45.4 Å². The molecule has 0 amide bonds. The number of halogens is 2. The lowest BCUT2D eigenvalue weighted by Gasteiger charge is -2.19. The van der Waals surface area contributed by atoms with Crippen LogP contribution in [0, 0.1) is 0 Å². The van der Waals surface area contributed by atoms with Crippen molar-refractivity contribution in [1.29, 1.82) is 0 Å². The maximum absolute atomic E-state index is 6.26. The summed E-state index contributed by atoms with van der Waals surface area (Å²) in [5, 5.41) is 2.44. The molecule has 0 aliphatic heterocycles. The van der Waals surface area contributed by atoms with Crippen molar-refractivity contribution in [2.24, 2.45) is 5.73 Å². The third kappa shape index (κ3) is 3.93. The highest BCUT2D eigenvalue weighted by atomic mass is 35.5. The molecule has 0 unspecified atom stereocenters. The molecular formula is C22H26Cl2N2. The highest BCUT2D eigenvalue weighted by Crippen LogP contribution is 2.36. The monoisotopic (exact) mass is 388 g/mol. The van der Waals surface area contributed by atoms with Gasteiger partial charge in [0.25, 0.3) is 0 Å². The van der Waals surface area contributed by atoms with Crippen LogP contribution in [0.3, 0.4) is 0 Å². The molecule has 0 saturated heterocycles. The predicted octanol–water partition coefficient (Wildman–Crippen LogP) is 6.72. The lowest BCUT2D eigenvalue weighted by Crippen LogP contribution is -2.10. The van der Waals surface area contributed by atoms with Crippen LogP contribution in [0.5, 0.6) is 0 Å². The molecular weight excluding hydrogens is 363 g/mol. The van der Waals surface area contributed by atoms with E-state index in [0.717, 1.165) is 42.6 Å². The van der Waals surface area contributed by atoms with Crippen molar-refractivity contribution in [3.63, 3.8) is 0 Å². The first-order chi connectivity index (χ1) is 12.3. The van der Waals surface area contributed by atoms with E-state index in [1.807, 2.05) is 18.2 Å². The predicted molar refractivity (Wildman–Crippen MR) is 114 cm³/mol. The molecule has 138 valence electrons. The fourth-order valence-corrected chi connectivity index (χ4v) is 3.62. The summed E-state index contributed by atoms with van der Waals surface area (Å²) < 4.78 is 0. The first-order valence-corrected chi connectivity index (χ1v) is 9.87. The van der Waals surface area contributed by atoms with Crippen molar-refractivity contribution >= 4 is 34.1 Å². The molecule has 0 aliphatic carbocycles. The number of nitrogens with one attached hydrogen (secondary N) is 1. The van der Waals surface area contributed by atoms with Gasteiger partial charge in [0, 0.05) is 16.6 Å². The van der Waals surface area contributed by atoms with Gasteiger partial charge >= 0.3 is 0 Å². The van der Waals surface area contributed by atoms with Gasteiger partial charge in [-0.05, 0) is 72.2 Å². The molecule has 2 nitrogen and oxygen atoms in total. The smallest absolute Gasteiger partial charge is 0.0599 e. The van der Waals surface area contributed by atoms with E-state index >= 15 is 0 Å². The summed E-state index contributed by atoms with van der Waals surface area (Å²) in [6.07, 6.45) is 3.07. The summed E-state index contributed by atoms with van der Waals surface area (Å²) in [6.45, 7) is 7.45. The van der Waals surface area contributed by atoms with Crippen LogP contribution >= 0.6 is 23.2 Å². The topological polar surface area (TPSA) is 41.8 Å². The Hall–Kier alpha value is -1.48. The van der Waals surface area contributed by atoms with Gasteiger partial charge in [-0.25, -0.2) is 0 Å². The van der Waals surface area contributed by atoms with Gasteiger partial charge in [-0.15, -0.1) is 0 Å². The van der Waals surface area contributed by atoms with Gasteiger partial charge in [-0.1, -0.05) is 56.1 Å². The molecule has 0 atom stereocenters. The standard InChI is InChI=1S/C22H26Cl2N2/c1-22(2,3)15-8-10-20-17(13-15)16(6-4-5-11-25)21(26-20)14-7-9-18(23)19(24)12-14/h7-10,12-13,26H,4-6,11,25H2,1-3H3. The molecule has 0 fully saturated rings. The molecule has 0 saturated carbocycles. The Balaban J connectivity index is 2.17. The summed E-state index contributed by atoms with van der Waals surface area (Å²) in [7, 11) is 0. The van der Waals surface area contributed by atoms with Crippen molar-refractivity contribution < 1.29 is 0 Å². The molecule has 0 aliphatic rings. The minimum atomic E-state index is 0.115. The van der Waals surface area contributed by atoms with E-state index in [1.54, 1.807) is 0 Å². The summed E-state index contributed by atoms with van der Waals surface area (Å²) in [4.78, 5) is 3.60. The maximum atomic E-state index is 6.26. The Morgan fingerprint density at radius 3 is 2.38 bits per heavy atom. The number of nitrogens with two attached hydrogens (primary N) is 1. The van der Waals surface area contributed by atoms with Gasteiger partial charge < -0.3 is 10.7 Å². The molecule has 1 aromatic heterocycles. The van der Waals surface area contributed by atoms with Crippen molar-refractivity contribution in [2.75, 3.05) is 6.54 Å². The third-order valence-electron chi connectivity index (χ3n) is 4.86. The SMILES string of the molecule is CC(C)(C)c1ccc2[nH]c(-c3ccc(Cl)c(Cl)c3)c(CCCCN)c2c1. The van der Waals surface area contributed by atoms with Crippen LogP contribution in [0.15, 0.2) is 36.4 Å². The Morgan fingerprint density at radius 2 is 1.73 bits per heavy atom. The molecule has 3 rings (SSSR count). The third-order valence-corrected chi connectivity index (χ3v) is 5.60. The normalized spacial score (nSPS) is 12.1. The number of unbranched alkanes of at least 4 members (excludes halogenated alkanes) is 1. The van der Waals surface area contributed by atoms with Crippen LogP contribution in [0.2, 0.25) is 10.0 Å². The van der Waals surface area contributed by atoms with Crippen LogP contribution in [0.4, 0.5) is 0 Å². The molecule has 4 heteroatoms. The minimum absolute atomic E-state index is 0.115. The lowest BCUT2D eigenvalue weighted by molar-refractivity contribution is 0.591. The van der Waals surface area contributed by atoms with Crippen LogP contribution in [0.25, 0.3) is 22.2 Å². The minimum Gasteiger partial charge on any atom is -0.354 e. The second kappa shape index (κ2) is 7.64. The van der Waals surface area contributed by atoms with E-state index < -0.39 is 0 Å². The number of benzene rings is 2. The van der Waals surface area contributed by atoms with Crippen molar-refractivity contribution in [1.82, 2.24) is 4.98 Å². The van der Waals surface area contributed by atoms with Gasteiger partial charge in [-0.2, -0.15) is 0 Å². The van der Waals surface area contributed by atoms with Gasteiger partial charge in [0.1, 0.15) is 0 Å². The van der Waals surface area contributed by atoms with E-state index in [-0.39, 0.29) is 5.41 Å². The second-order valence-electron chi connectivity index (χ2n) is 7.86. The van der Waals surface area contributed by atoms with E-state index in [2.05, 4.69) is 44.0 Å². The largest absolute Gasteiger partial charge is 0.354 e. The molecule has 3 aromatic rings. The van der Waals surface area contributed by atoms with E-state index in [4.69, 9.17) is 28.9 Å². The number of H-pyrrole nitrogens is 1. The molecule has 0 radical (unpaired) electrons. The second-order valence-corrected chi connectivity index (χ2v) is 8.68. The Labute approximate surface area is 165 Å². The zero-order chi connectivity index (χ0) is 18.9. The van der Waals surface area contributed by atoms with Crippen molar-refractivity contribution in [3.8, 4) is 11.3 Å². The van der Waals surface area contributed by atoms with E-state index in [0.29, 0.717) is 10.0 Å². The zero-order valence-electron chi connectivity index (χ0n) is 15.6. The van der Waals surface area contributed by atoms with Crippen molar-refractivity contribution in [3.05, 3.63) is 57.6 Å². The quantitative estimate of drug-likeness (QED) is 0.467. The number of rotatable bonds is 5.